The molecular formula is C31H36O. The molecular weight excluding hydrogens is 388 g/mol. The Labute approximate surface area is 194 Å². The zero-order valence-electron chi connectivity index (χ0n) is 19.2. The summed E-state index contributed by atoms with van der Waals surface area (Å²) >= 11 is 0. The topological polar surface area (TPSA) is 9.23 Å². The van der Waals surface area contributed by atoms with Crippen molar-refractivity contribution in [2.45, 2.75) is 63.1 Å². The molecule has 0 N–H and O–H groups in total. The van der Waals surface area contributed by atoms with Crippen LogP contribution in [0.5, 0.6) is 0 Å². The molecule has 0 aromatic heterocycles. The molecule has 4 rings (SSSR count). The normalized spacial score (nSPS) is 16.6. The second kappa shape index (κ2) is 11.3. The minimum atomic E-state index is -0.676. The molecule has 1 heteroatoms. The Morgan fingerprint density at radius 2 is 1.09 bits per heavy atom. The van der Waals surface area contributed by atoms with E-state index in [1.54, 1.807) is 0 Å². The lowest BCUT2D eigenvalue weighted by Gasteiger charge is -2.39. The van der Waals surface area contributed by atoms with Gasteiger partial charge in [0.2, 0.25) is 0 Å². The maximum absolute atomic E-state index is 7.20. The molecule has 1 atom stereocenters. The Kier molecular flexibility index (Phi) is 7.96. The Morgan fingerprint density at radius 1 is 0.688 bits per heavy atom. The molecule has 0 aliphatic heterocycles. The lowest BCUT2D eigenvalue weighted by Crippen LogP contribution is -2.37. The Bertz CT molecular complexity index is 827. The van der Waals surface area contributed by atoms with Gasteiger partial charge in [0.1, 0.15) is 5.60 Å². The summed E-state index contributed by atoms with van der Waals surface area (Å²) in [4.78, 5) is 0. The van der Waals surface area contributed by atoms with E-state index >= 15 is 0 Å². The lowest BCUT2D eigenvalue weighted by atomic mass is 9.79. The largest absolute Gasteiger partial charge is 0.354 e. The van der Waals surface area contributed by atoms with Gasteiger partial charge >= 0.3 is 0 Å². The molecule has 3 aromatic carbocycles. The van der Waals surface area contributed by atoms with Gasteiger partial charge < -0.3 is 4.74 Å². The number of hydrogen-bond donors (Lipinski definition) is 0. The first kappa shape index (κ1) is 22.6. The van der Waals surface area contributed by atoms with Gasteiger partial charge in [-0.25, -0.2) is 0 Å². The summed E-state index contributed by atoms with van der Waals surface area (Å²) in [5.41, 5.74) is 2.79. The first-order valence-corrected chi connectivity index (χ1v) is 12.3. The van der Waals surface area contributed by atoms with Gasteiger partial charge in [0.25, 0.3) is 0 Å². The molecule has 1 fully saturated rings. The Morgan fingerprint density at radius 3 is 1.50 bits per heavy atom. The molecule has 1 aliphatic carbocycles. The molecule has 0 heterocycles. The fourth-order valence-electron chi connectivity index (χ4n) is 5.25. The van der Waals surface area contributed by atoms with E-state index in [1.807, 2.05) is 6.08 Å². The van der Waals surface area contributed by atoms with Crippen LogP contribution in [-0.4, -0.2) is 6.10 Å². The fourth-order valence-corrected chi connectivity index (χ4v) is 5.25. The van der Waals surface area contributed by atoms with Crippen LogP contribution in [0.1, 0.15) is 68.1 Å². The summed E-state index contributed by atoms with van der Waals surface area (Å²) in [5.74, 6) is 0.707. The third-order valence-electron chi connectivity index (χ3n) is 6.92. The highest BCUT2D eigenvalue weighted by molar-refractivity contribution is 5.47. The molecule has 32 heavy (non-hydrogen) atoms. The number of benzene rings is 3. The van der Waals surface area contributed by atoms with Crippen LogP contribution in [0, 0.1) is 5.92 Å². The minimum absolute atomic E-state index is 0.0138. The number of ether oxygens (including phenoxy) is 1. The number of rotatable bonds is 8. The molecule has 1 nitrogen and oxygen atoms in total. The van der Waals surface area contributed by atoms with E-state index in [2.05, 4.69) is 97.6 Å². The Balaban J connectivity index is 1.75. The highest BCUT2D eigenvalue weighted by atomic mass is 16.5. The maximum atomic E-state index is 7.20. The second-order valence-corrected chi connectivity index (χ2v) is 9.12. The summed E-state index contributed by atoms with van der Waals surface area (Å²) in [5, 5.41) is 0. The van der Waals surface area contributed by atoms with E-state index in [1.165, 1.54) is 44.9 Å². The molecule has 0 radical (unpaired) electrons. The van der Waals surface area contributed by atoms with Gasteiger partial charge in [-0.2, -0.15) is 0 Å². The van der Waals surface area contributed by atoms with Crippen molar-refractivity contribution in [1.82, 2.24) is 0 Å². The lowest BCUT2D eigenvalue weighted by molar-refractivity contribution is -0.0352. The average Bonchev–Trinajstić information content (AvgIpc) is 2.85. The molecule has 1 saturated carbocycles. The first-order chi connectivity index (χ1) is 15.8. The van der Waals surface area contributed by atoms with Crippen molar-refractivity contribution >= 4 is 0 Å². The summed E-state index contributed by atoms with van der Waals surface area (Å²) in [6.07, 6.45) is 12.5. The van der Waals surface area contributed by atoms with E-state index in [0.29, 0.717) is 5.92 Å². The summed E-state index contributed by atoms with van der Waals surface area (Å²) in [6.45, 7) is 4.21. The van der Waals surface area contributed by atoms with E-state index in [4.69, 9.17) is 4.74 Å². The van der Waals surface area contributed by atoms with Gasteiger partial charge in [-0.3, -0.25) is 0 Å². The smallest absolute Gasteiger partial charge is 0.144 e. The molecule has 0 amide bonds. The molecule has 166 valence electrons. The van der Waals surface area contributed by atoms with Crippen molar-refractivity contribution in [3.63, 3.8) is 0 Å². The molecule has 0 spiro atoms. The van der Waals surface area contributed by atoms with Gasteiger partial charge in [-0.1, -0.05) is 142 Å². The quantitative estimate of drug-likeness (QED) is 0.261. The molecule has 0 bridgehead atoms. The van der Waals surface area contributed by atoms with Gasteiger partial charge in [0, 0.05) is 0 Å². The monoisotopic (exact) mass is 424 g/mol. The predicted molar refractivity (Wildman–Crippen MR) is 135 cm³/mol. The van der Waals surface area contributed by atoms with E-state index < -0.39 is 5.60 Å². The Hall–Kier alpha value is -2.64. The van der Waals surface area contributed by atoms with Crippen molar-refractivity contribution in [3.8, 4) is 0 Å². The SMILES string of the molecule is C=CC(CC1CCCCCCC1)OC(c1ccccc1)(c1ccccc1)c1ccccc1. The van der Waals surface area contributed by atoms with Crippen molar-refractivity contribution in [2.24, 2.45) is 5.92 Å². The van der Waals surface area contributed by atoms with Crippen LogP contribution in [0.15, 0.2) is 104 Å². The third-order valence-corrected chi connectivity index (χ3v) is 6.92. The van der Waals surface area contributed by atoms with Crippen LogP contribution in [0.4, 0.5) is 0 Å². The maximum Gasteiger partial charge on any atom is 0.144 e. The molecule has 3 aromatic rings. The standard InChI is InChI=1S/C31H36O/c1-2-30(25-26-17-9-4-3-5-10-18-26)32-31(27-19-11-6-12-20-27,28-21-13-7-14-22-28)29-23-15-8-16-24-29/h2,6-8,11-16,19-24,26,30H,1,3-5,9-10,17-18,25H2. The first-order valence-electron chi connectivity index (χ1n) is 12.3. The van der Waals surface area contributed by atoms with Crippen LogP contribution in [0.25, 0.3) is 0 Å². The van der Waals surface area contributed by atoms with Crippen LogP contribution < -0.4 is 0 Å². The van der Waals surface area contributed by atoms with Crippen LogP contribution in [0.3, 0.4) is 0 Å². The van der Waals surface area contributed by atoms with E-state index in [-0.39, 0.29) is 6.10 Å². The average molecular weight is 425 g/mol. The van der Waals surface area contributed by atoms with Crippen LogP contribution in [-0.2, 0) is 10.3 Å². The van der Waals surface area contributed by atoms with Gasteiger partial charge in [0.05, 0.1) is 6.10 Å². The van der Waals surface area contributed by atoms with Gasteiger partial charge in [-0.15, -0.1) is 6.58 Å². The van der Waals surface area contributed by atoms with Gasteiger partial charge in [-0.05, 0) is 29.0 Å². The second-order valence-electron chi connectivity index (χ2n) is 9.12. The van der Waals surface area contributed by atoms with Crippen molar-refractivity contribution in [3.05, 3.63) is 120 Å². The number of hydrogen-bond acceptors (Lipinski definition) is 1. The summed E-state index contributed by atoms with van der Waals surface area (Å²) < 4.78 is 7.20. The molecule has 1 aliphatic rings. The highest BCUT2D eigenvalue weighted by Gasteiger charge is 2.39. The van der Waals surface area contributed by atoms with Crippen LogP contribution >= 0.6 is 0 Å². The zero-order chi connectivity index (χ0) is 22.1. The summed E-state index contributed by atoms with van der Waals surface area (Å²) in [7, 11) is 0. The zero-order valence-corrected chi connectivity index (χ0v) is 19.2. The molecule has 1 unspecified atom stereocenters. The van der Waals surface area contributed by atoms with Crippen LogP contribution in [0.2, 0.25) is 0 Å². The van der Waals surface area contributed by atoms with Gasteiger partial charge in [0.15, 0.2) is 0 Å². The van der Waals surface area contributed by atoms with Crippen molar-refractivity contribution in [2.75, 3.05) is 0 Å². The van der Waals surface area contributed by atoms with Crippen molar-refractivity contribution < 1.29 is 4.74 Å². The fraction of sp³-hybridized carbons (Fsp3) is 0.355. The highest BCUT2D eigenvalue weighted by Crippen LogP contribution is 2.42. The van der Waals surface area contributed by atoms with Crippen molar-refractivity contribution in [1.29, 1.82) is 0 Å². The third kappa shape index (κ3) is 5.22. The predicted octanol–water partition coefficient (Wildman–Crippen LogP) is 8.30. The van der Waals surface area contributed by atoms with E-state index in [9.17, 15) is 0 Å². The summed E-state index contributed by atoms with van der Waals surface area (Å²) in [6, 6.07) is 32.0. The molecule has 0 saturated heterocycles. The minimum Gasteiger partial charge on any atom is -0.354 e. The van der Waals surface area contributed by atoms with E-state index in [0.717, 1.165) is 23.1 Å².